The van der Waals surface area contributed by atoms with Crippen molar-refractivity contribution in [2.75, 3.05) is 13.3 Å². The van der Waals surface area contributed by atoms with Crippen LogP contribution in [-0.4, -0.2) is 26.7 Å². The highest BCUT2D eigenvalue weighted by Crippen LogP contribution is 2.24. The average Bonchev–Trinajstić information content (AvgIpc) is 3.15. The van der Waals surface area contributed by atoms with Gasteiger partial charge in [-0.1, -0.05) is 108 Å². The van der Waals surface area contributed by atoms with Crippen LogP contribution in [0.3, 0.4) is 0 Å². The van der Waals surface area contributed by atoms with Crippen LogP contribution in [0.15, 0.2) is 23.1 Å². The van der Waals surface area contributed by atoms with E-state index in [-0.39, 0.29) is 41.3 Å². The van der Waals surface area contributed by atoms with Crippen molar-refractivity contribution < 1.29 is 13.2 Å². The number of sulfonamides is 1. The summed E-state index contributed by atoms with van der Waals surface area (Å²) in [6.07, 6.45) is 15.2. The first kappa shape index (κ1) is 39.5. The van der Waals surface area contributed by atoms with Gasteiger partial charge in [0, 0.05) is 0 Å². The Morgan fingerprint density at radius 3 is 2.06 bits per heavy atom. The van der Waals surface area contributed by atoms with E-state index >= 15 is 0 Å². The van der Waals surface area contributed by atoms with E-state index in [4.69, 9.17) is 4.74 Å². The van der Waals surface area contributed by atoms with E-state index in [0.29, 0.717) is 12.5 Å². The Morgan fingerprint density at radius 1 is 0.889 bits per heavy atom. The van der Waals surface area contributed by atoms with Gasteiger partial charge in [-0.05, 0) is 43.9 Å². The van der Waals surface area contributed by atoms with Gasteiger partial charge in [0.2, 0.25) is 10.0 Å². The lowest BCUT2D eigenvalue weighted by Gasteiger charge is -2.17. The van der Waals surface area contributed by atoms with E-state index in [0.717, 1.165) is 15.2 Å². The number of hydrogen-bond acceptors (Lipinski definition) is 5. The Balaban J connectivity index is -0.00000272. The van der Waals surface area contributed by atoms with Crippen molar-refractivity contribution in [1.29, 1.82) is 0 Å². The minimum absolute atomic E-state index is 0. The van der Waals surface area contributed by atoms with Crippen LogP contribution in [0.4, 0.5) is 0 Å². The molecule has 0 aliphatic carbocycles. The number of rotatable bonds is 18. The molecule has 2 rings (SSSR count). The maximum absolute atomic E-state index is 12.7. The number of fused-ring (bicyclic) bond motifs is 1. The van der Waals surface area contributed by atoms with Gasteiger partial charge < -0.3 is 4.74 Å². The Hall–Kier alpha value is -1.02. The van der Waals surface area contributed by atoms with Gasteiger partial charge in [0.25, 0.3) is 0 Å². The minimum Gasteiger partial charge on any atom is -0.365 e. The number of ether oxygens (including phenoxy) is 1. The number of hydrogen-bond donors (Lipinski definition) is 1. The van der Waals surface area contributed by atoms with Crippen LogP contribution in [0.1, 0.15) is 126 Å². The van der Waals surface area contributed by atoms with Crippen LogP contribution in [0.25, 0.3) is 10.2 Å². The maximum atomic E-state index is 12.7. The lowest BCUT2D eigenvalue weighted by atomic mass is 9.95. The monoisotopic (exact) mass is 546 g/mol. The van der Waals surface area contributed by atoms with Crippen molar-refractivity contribution in [3.05, 3.63) is 23.2 Å². The first-order valence-electron chi connectivity index (χ1n) is 12.4. The Morgan fingerprint density at radius 2 is 1.44 bits per heavy atom. The number of nitrogens with zero attached hydrogens (tertiary/aromatic N) is 1. The minimum atomic E-state index is -3.59. The number of aryl methyl sites for hydroxylation is 1. The predicted octanol–water partition coefficient (Wildman–Crippen LogP) is 9.74. The molecule has 214 valence electrons. The molecule has 1 N–H and O–H groups in total. The fourth-order valence-electron chi connectivity index (χ4n) is 4.00. The molecule has 36 heavy (non-hydrogen) atoms. The maximum Gasteiger partial charge on any atom is 0.242 e. The van der Waals surface area contributed by atoms with Crippen LogP contribution in [0.2, 0.25) is 0 Å². The van der Waals surface area contributed by atoms with Crippen LogP contribution in [0, 0.1) is 12.8 Å². The molecule has 0 bridgehead atoms. The van der Waals surface area contributed by atoms with Crippen LogP contribution < -0.4 is 4.72 Å². The molecule has 0 radical (unpaired) electrons. The topological polar surface area (TPSA) is 68.3 Å². The van der Waals surface area contributed by atoms with Gasteiger partial charge in [-0.3, -0.25) is 0 Å². The standard InChI is InChI=1S/C25H42N2O3S2.4CH4/c1-4-6-8-10-11-13-15-22(14-12-9-7-5-2)19-30-20-26-32(28,29)23-16-17-24-25(18-23)31-21(3)27-24;;;;/h16-18,22,26H,4-15,19-20H2,1-3H3;4*1H4. The van der Waals surface area contributed by atoms with Gasteiger partial charge >= 0.3 is 0 Å². The Kier molecular flexibility index (Phi) is 24.1. The van der Waals surface area contributed by atoms with E-state index in [9.17, 15) is 8.42 Å². The van der Waals surface area contributed by atoms with Crippen molar-refractivity contribution >= 4 is 31.6 Å². The Bertz CT molecular complexity index is 882. The van der Waals surface area contributed by atoms with Crippen LogP contribution in [-0.2, 0) is 14.8 Å². The lowest BCUT2D eigenvalue weighted by molar-refractivity contribution is 0.0883. The first-order valence-corrected chi connectivity index (χ1v) is 14.7. The second-order valence-electron chi connectivity index (χ2n) is 8.80. The van der Waals surface area contributed by atoms with Gasteiger partial charge in [0.05, 0.1) is 26.7 Å². The van der Waals surface area contributed by atoms with Crippen LogP contribution >= 0.6 is 11.3 Å². The largest absolute Gasteiger partial charge is 0.365 e. The highest BCUT2D eigenvalue weighted by molar-refractivity contribution is 7.89. The third-order valence-electron chi connectivity index (χ3n) is 5.91. The molecule has 0 saturated carbocycles. The number of unbranched alkanes of at least 4 members (excludes halogenated alkanes) is 8. The summed E-state index contributed by atoms with van der Waals surface area (Å²) in [5, 5.41) is 0.932. The number of nitrogens with one attached hydrogen (secondary N) is 1. The zero-order valence-corrected chi connectivity index (χ0v) is 21.8. The quantitative estimate of drug-likeness (QED) is 0.149. The molecule has 1 aromatic heterocycles. The molecule has 1 aromatic carbocycles. The summed E-state index contributed by atoms with van der Waals surface area (Å²) >= 11 is 1.50. The van der Waals surface area contributed by atoms with Crippen molar-refractivity contribution in [3.8, 4) is 0 Å². The second-order valence-corrected chi connectivity index (χ2v) is 11.8. The summed E-state index contributed by atoms with van der Waals surface area (Å²) < 4.78 is 34.6. The third-order valence-corrected chi connectivity index (χ3v) is 8.22. The smallest absolute Gasteiger partial charge is 0.242 e. The molecule has 0 fully saturated rings. The van der Waals surface area contributed by atoms with E-state index in [1.807, 2.05) is 6.92 Å². The number of aromatic nitrogens is 1. The molecule has 1 unspecified atom stereocenters. The molecule has 0 saturated heterocycles. The fraction of sp³-hybridized carbons (Fsp3) is 0.759. The summed E-state index contributed by atoms with van der Waals surface area (Å²) in [4.78, 5) is 4.66. The molecule has 0 aliphatic heterocycles. The highest BCUT2D eigenvalue weighted by atomic mass is 32.2. The zero-order valence-electron chi connectivity index (χ0n) is 20.2. The van der Waals surface area contributed by atoms with Gasteiger partial charge in [-0.2, -0.15) is 4.72 Å². The summed E-state index contributed by atoms with van der Waals surface area (Å²) in [7, 11) is -3.59. The van der Waals surface area contributed by atoms with Crippen molar-refractivity contribution in [1.82, 2.24) is 9.71 Å². The average molecular weight is 547 g/mol. The fourth-order valence-corrected chi connectivity index (χ4v) is 5.87. The Labute approximate surface area is 228 Å². The highest BCUT2D eigenvalue weighted by Gasteiger charge is 2.16. The zero-order chi connectivity index (χ0) is 23.2. The predicted molar refractivity (Wildman–Crippen MR) is 163 cm³/mol. The summed E-state index contributed by atoms with van der Waals surface area (Å²) in [6.45, 7) is 7.04. The molecule has 0 aliphatic rings. The molecule has 5 nitrogen and oxygen atoms in total. The van der Waals surface area contributed by atoms with Gasteiger partial charge in [-0.25, -0.2) is 13.4 Å². The van der Waals surface area contributed by atoms with E-state index in [1.54, 1.807) is 18.2 Å². The van der Waals surface area contributed by atoms with Gasteiger partial charge in [0.1, 0.15) is 6.73 Å². The molecule has 0 spiro atoms. The number of benzene rings is 1. The number of thiazole rings is 1. The molecule has 1 heterocycles. The van der Waals surface area contributed by atoms with E-state index in [2.05, 4.69) is 23.6 Å². The molecule has 0 amide bonds. The van der Waals surface area contributed by atoms with E-state index in [1.165, 1.54) is 88.4 Å². The molecular formula is C29H58N2O3S2. The molecule has 7 heteroatoms. The second kappa shape index (κ2) is 22.0. The summed E-state index contributed by atoms with van der Waals surface area (Å²) in [6, 6.07) is 5.07. The van der Waals surface area contributed by atoms with Crippen molar-refractivity contribution in [3.63, 3.8) is 0 Å². The molecule has 2 aromatic rings. The van der Waals surface area contributed by atoms with Crippen LogP contribution in [0.5, 0.6) is 0 Å². The SMILES string of the molecule is C.C.C.C.CCCCCCCCC(CCCCCC)COCNS(=O)(=O)c1ccc2nc(C)sc2c1. The van der Waals surface area contributed by atoms with Crippen molar-refractivity contribution in [2.24, 2.45) is 5.92 Å². The van der Waals surface area contributed by atoms with Gasteiger partial charge in [0.15, 0.2) is 0 Å². The molecule has 1 atom stereocenters. The summed E-state index contributed by atoms with van der Waals surface area (Å²) in [5.74, 6) is 0.513. The lowest BCUT2D eigenvalue weighted by Crippen LogP contribution is -2.27. The van der Waals surface area contributed by atoms with Gasteiger partial charge in [-0.15, -0.1) is 11.3 Å². The third kappa shape index (κ3) is 14.7. The molecular weight excluding hydrogens is 488 g/mol. The summed E-state index contributed by atoms with van der Waals surface area (Å²) in [5.41, 5.74) is 0.836. The van der Waals surface area contributed by atoms with Crippen molar-refractivity contribution in [2.45, 2.75) is 132 Å². The van der Waals surface area contributed by atoms with E-state index < -0.39 is 10.0 Å². The first-order chi connectivity index (χ1) is 15.5. The normalized spacial score (nSPS) is 11.6.